The minimum Gasteiger partial charge on any atom is -0.496 e. The van der Waals surface area contributed by atoms with Crippen LogP contribution in [0.25, 0.3) is 0 Å². The van der Waals surface area contributed by atoms with Gasteiger partial charge in [-0.2, -0.15) is 0 Å². The average Bonchev–Trinajstić information content (AvgIpc) is 2.66. The highest BCUT2D eigenvalue weighted by atomic mass is 16.5. The topological polar surface area (TPSA) is 80.6 Å². The van der Waals surface area contributed by atoms with Gasteiger partial charge in [0.1, 0.15) is 17.1 Å². The molecule has 1 aliphatic rings. The predicted octanol–water partition coefficient (Wildman–Crippen LogP) is 2.35. The van der Waals surface area contributed by atoms with Crippen molar-refractivity contribution in [1.82, 2.24) is 10.6 Å². The molecule has 1 aromatic carbocycles. The van der Waals surface area contributed by atoms with Gasteiger partial charge in [-0.05, 0) is 44.0 Å². The number of hydrogen-bond acceptors (Lipinski definition) is 5. The molecule has 1 unspecified atom stereocenters. The third-order valence-electron chi connectivity index (χ3n) is 4.73. The van der Waals surface area contributed by atoms with E-state index in [-0.39, 0.29) is 18.0 Å². The summed E-state index contributed by atoms with van der Waals surface area (Å²) in [5, 5.41) is 6.09. The molecular formula is C20H24N2O4. The molecular weight excluding hydrogens is 332 g/mol. The van der Waals surface area contributed by atoms with E-state index >= 15 is 0 Å². The van der Waals surface area contributed by atoms with E-state index in [1.807, 2.05) is 30.3 Å². The van der Waals surface area contributed by atoms with Gasteiger partial charge in [-0.1, -0.05) is 18.2 Å². The van der Waals surface area contributed by atoms with Crippen LogP contribution < -0.4 is 21.0 Å². The first-order valence-electron chi connectivity index (χ1n) is 8.85. The number of rotatable bonds is 5. The van der Waals surface area contributed by atoms with Crippen LogP contribution in [0.3, 0.4) is 0 Å². The van der Waals surface area contributed by atoms with E-state index in [4.69, 9.17) is 9.15 Å². The quantitative estimate of drug-likeness (QED) is 0.860. The van der Waals surface area contributed by atoms with Gasteiger partial charge < -0.3 is 19.8 Å². The number of carbonyl (C=O) groups excluding carboxylic acids is 1. The van der Waals surface area contributed by atoms with Gasteiger partial charge >= 0.3 is 5.63 Å². The smallest absolute Gasteiger partial charge is 0.349 e. The fourth-order valence-corrected chi connectivity index (χ4v) is 3.31. The first kappa shape index (κ1) is 18.2. The van der Waals surface area contributed by atoms with E-state index in [9.17, 15) is 9.59 Å². The number of amides is 1. The van der Waals surface area contributed by atoms with Gasteiger partial charge in [0.05, 0.1) is 7.11 Å². The molecule has 2 aromatic rings. The minimum absolute atomic E-state index is 0.0624. The van der Waals surface area contributed by atoms with Crippen molar-refractivity contribution in [3.63, 3.8) is 0 Å². The van der Waals surface area contributed by atoms with E-state index in [1.54, 1.807) is 14.0 Å². The average molecular weight is 356 g/mol. The zero-order valence-corrected chi connectivity index (χ0v) is 15.1. The number of methoxy groups -OCH3 is 1. The lowest BCUT2D eigenvalue weighted by Crippen LogP contribution is -2.31. The molecule has 0 spiro atoms. The van der Waals surface area contributed by atoms with Crippen LogP contribution in [0.1, 0.15) is 46.0 Å². The van der Waals surface area contributed by atoms with E-state index in [0.29, 0.717) is 17.1 Å². The van der Waals surface area contributed by atoms with Crippen molar-refractivity contribution < 1.29 is 13.9 Å². The second-order valence-corrected chi connectivity index (χ2v) is 6.53. The molecule has 0 radical (unpaired) electrons. The van der Waals surface area contributed by atoms with E-state index < -0.39 is 11.5 Å². The highest BCUT2D eigenvalue weighted by molar-refractivity contribution is 5.95. The second-order valence-electron chi connectivity index (χ2n) is 6.53. The zero-order chi connectivity index (χ0) is 18.5. The summed E-state index contributed by atoms with van der Waals surface area (Å²) < 4.78 is 10.7. The second kappa shape index (κ2) is 8.19. The molecule has 6 nitrogen and oxygen atoms in total. The van der Waals surface area contributed by atoms with Crippen molar-refractivity contribution in [2.45, 2.75) is 32.2 Å². The molecule has 1 aliphatic heterocycles. The van der Waals surface area contributed by atoms with Gasteiger partial charge in [0.2, 0.25) is 0 Å². The van der Waals surface area contributed by atoms with Crippen molar-refractivity contribution in [2.75, 3.05) is 20.2 Å². The Morgan fingerprint density at radius 2 is 2.19 bits per heavy atom. The van der Waals surface area contributed by atoms with Crippen LogP contribution >= 0.6 is 0 Å². The lowest BCUT2D eigenvalue weighted by molar-refractivity contribution is 0.0945. The van der Waals surface area contributed by atoms with Crippen molar-refractivity contribution in [3.05, 3.63) is 63.2 Å². The van der Waals surface area contributed by atoms with Gasteiger partial charge in [-0.15, -0.1) is 0 Å². The first-order chi connectivity index (χ1) is 12.6. The van der Waals surface area contributed by atoms with Gasteiger partial charge in [-0.3, -0.25) is 4.79 Å². The summed E-state index contributed by atoms with van der Waals surface area (Å²) in [6, 6.07) is 9.25. The fraction of sp³-hybridized carbons (Fsp3) is 0.400. The highest BCUT2D eigenvalue weighted by Crippen LogP contribution is 2.23. The molecule has 2 N–H and O–H groups in total. The van der Waals surface area contributed by atoms with E-state index in [1.165, 1.54) is 0 Å². The Morgan fingerprint density at radius 1 is 1.38 bits per heavy atom. The number of hydrogen-bond donors (Lipinski definition) is 2. The molecule has 1 amide bonds. The Labute approximate surface area is 152 Å². The largest absolute Gasteiger partial charge is 0.496 e. The molecule has 1 fully saturated rings. The number of nitrogens with one attached hydrogen (secondary N) is 2. The van der Waals surface area contributed by atoms with Gasteiger partial charge in [0.25, 0.3) is 5.91 Å². The molecule has 6 heteroatoms. The lowest BCUT2D eigenvalue weighted by atomic mass is 9.95. The van der Waals surface area contributed by atoms with Gasteiger partial charge in [-0.25, -0.2) is 4.79 Å². The van der Waals surface area contributed by atoms with Crippen molar-refractivity contribution in [1.29, 1.82) is 0 Å². The maximum atomic E-state index is 12.5. The summed E-state index contributed by atoms with van der Waals surface area (Å²) in [5.41, 5.74) is 0.963. The number of piperidine rings is 1. The summed E-state index contributed by atoms with van der Waals surface area (Å²) in [6.07, 6.45) is 2.03. The molecule has 0 saturated carbocycles. The van der Waals surface area contributed by atoms with Crippen LogP contribution in [-0.2, 0) is 6.54 Å². The number of para-hydroxylation sites is 1. The Morgan fingerprint density at radius 3 is 2.88 bits per heavy atom. The number of ether oxygens (including phenoxy) is 1. The van der Waals surface area contributed by atoms with Crippen molar-refractivity contribution in [3.8, 4) is 5.75 Å². The fourth-order valence-electron chi connectivity index (χ4n) is 3.31. The van der Waals surface area contributed by atoms with E-state index in [2.05, 4.69) is 10.6 Å². The maximum Gasteiger partial charge on any atom is 0.349 e. The summed E-state index contributed by atoms with van der Waals surface area (Å²) in [4.78, 5) is 24.9. The predicted molar refractivity (Wildman–Crippen MR) is 98.7 cm³/mol. The van der Waals surface area contributed by atoms with Crippen LogP contribution in [0.15, 0.2) is 39.5 Å². The summed E-state index contributed by atoms with van der Waals surface area (Å²) in [6.45, 7) is 3.83. The maximum absolute atomic E-state index is 12.5. The monoisotopic (exact) mass is 356 g/mol. The standard InChI is InChI=1S/C20H24N2O4/c1-13-10-17(14-7-5-9-21-11-14)26-20(24)18(13)19(23)22-12-15-6-3-4-8-16(15)25-2/h3-4,6,8,10,14,21H,5,7,9,11-12H2,1-2H3,(H,22,23). The normalized spacial score (nSPS) is 16.9. The van der Waals surface area contributed by atoms with Crippen LogP contribution in [0, 0.1) is 6.92 Å². The van der Waals surface area contributed by atoms with Crippen LogP contribution in [0.5, 0.6) is 5.75 Å². The molecule has 0 bridgehead atoms. The Balaban J connectivity index is 1.76. The molecule has 1 aromatic heterocycles. The lowest BCUT2D eigenvalue weighted by Gasteiger charge is -2.22. The molecule has 2 heterocycles. The van der Waals surface area contributed by atoms with Crippen molar-refractivity contribution >= 4 is 5.91 Å². The first-order valence-corrected chi connectivity index (χ1v) is 8.85. The number of carbonyl (C=O) groups is 1. The Bertz CT molecular complexity index is 838. The summed E-state index contributed by atoms with van der Waals surface area (Å²) in [5.74, 6) is 1.09. The molecule has 3 rings (SSSR count). The third kappa shape index (κ3) is 3.96. The molecule has 1 saturated heterocycles. The Hall–Kier alpha value is -2.60. The third-order valence-corrected chi connectivity index (χ3v) is 4.73. The minimum atomic E-state index is -0.580. The molecule has 138 valence electrons. The number of benzene rings is 1. The Kier molecular flexibility index (Phi) is 5.73. The zero-order valence-electron chi connectivity index (χ0n) is 15.1. The number of aryl methyl sites for hydroxylation is 1. The SMILES string of the molecule is COc1ccccc1CNC(=O)c1c(C)cc(C2CCCNC2)oc1=O. The molecule has 26 heavy (non-hydrogen) atoms. The van der Waals surface area contributed by atoms with Crippen LogP contribution in [0.4, 0.5) is 0 Å². The van der Waals surface area contributed by atoms with Gasteiger partial charge in [0.15, 0.2) is 0 Å². The van der Waals surface area contributed by atoms with Crippen molar-refractivity contribution in [2.24, 2.45) is 0 Å². The van der Waals surface area contributed by atoms with Crippen LogP contribution in [-0.4, -0.2) is 26.1 Å². The van der Waals surface area contributed by atoms with E-state index in [0.717, 1.165) is 31.5 Å². The molecule has 0 aliphatic carbocycles. The summed E-state index contributed by atoms with van der Waals surface area (Å²) >= 11 is 0. The highest BCUT2D eigenvalue weighted by Gasteiger charge is 2.22. The molecule has 1 atom stereocenters. The summed E-state index contributed by atoms with van der Waals surface area (Å²) in [7, 11) is 1.58. The van der Waals surface area contributed by atoms with Gasteiger partial charge in [0, 0.05) is 24.6 Å². The van der Waals surface area contributed by atoms with Crippen LogP contribution in [0.2, 0.25) is 0 Å².